The molecule has 0 aromatic heterocycles. The Kier molecular flexibility index (Phi) is 9.00. The van der Waals surface area contributed by atoms with Gasteiger partial charge in [0.1, 0.15) is 0 Å². The minimum absolute atomic E-state index is 0.0884. The number of amides is 1. The number of carboxylic acids is 2. The van der Waals surface area contributed by atoms with Gasteiger partial charge < -0.3 is 30.3 Å². The summed E-state index contributed by atoms with van der Waals surface area (Å²) in [6.45, 7) is 6.29. The van der Waals surface area contributed by atoms with Gasteiger partial charge in [0.2, 0.25) is 5.91 Å². The van der Waals surface area contributed by atoms with Crippen molar-refractivity contribution >= 4 is 23.5 Å². The monoisotopic (exact) mass is 356 g/mol. The van der Waals surface area contributed by atoms with Gasteiger partial charge in [-0.2, -0.15) is 0 Å². The van der Waals surface area contributed by atoms with Gasteiger partial charge in [-0.1, -0.05) is 0 Å². The molecule has 140 valence electrons. The number of carbonyl (C=O) groups excluding carboxylic acids is 1. The molecule has 0 radical (unpaired) electrons. The first-order valence-corrected chi connectivity index (χ1v) is 7.23. The molecule has 1 aromatic rings. The van der Waals surface area contributed by atoms with E-state index in [1.807, 2.05) is 20.8 Å². The van der Waals surface area contributed by atoms with Crippen molar-refractivity contribution in [2.75, 3.05) is 26.1 Å². The van der Waals surface area contributed by atoms with Crippen LogP contribution in [0.2, 0.25) is 0 Å². The van der Waals surface area contributed by atoms with Crippen LogP contribution in [0.4, 0.5) is 5.69 Å². The number of carboxylic acid groups (broad SMARTS) is 2. The molecule has 0 spiro atoms. The normalized spacial score (nSPS) is 10.1. The van der Waals surface area contributed by atoms with Crippen molar-refractivity contribution in [3.05, 3.63) is 18.2 Å². The predicted molar refractivity (Wildman–Crippen MR) is 91.2 cm³/mol. The van der Waals surface area contributed by atoms with Gasteiger partial charge in [0.15, 0.2) is 11.5 Å². The van der Waals surface area contributed by atoms with Crippen molar-refractivity contribution in [2.45, 2.75) is 26.3 Å². The van der Waals surface area contributed by atoms with E-state index >= 15 is 0 Å². The molecule has 25 heavy (non-hydrogen) atoms. The molecule has 9 heteroatoms. The zero-order chi connectivity index (χ0) is 19.6. The minimum Gasteiger partial charge on any atom is -0.493 e. The van der Waals surface area contributed by atoms with Gasteiger partial charge in [-0.15, -0.1) is 0 Å². The van der Waals surface area contributed by atoms with E-state index < -0.39 is 11.9 Å². The fourth-order valence-corrected chi connectivity index (χ4v) is 1.46. The summed E-state index contributed by atoms with van der Waals surface area (Å²) in [6.07, 6.45) is 0. The number of methoxy groups -OCH3 is 2. The van der Waals surface area contributed by atoms with E-state index in [4.69, 9.17) is 29.3 Å². The van der Waals surface area contributed by atoms with Crippen molar-refractivity contribution in [1.29, 1.82) is 0 Å². The molecule has 0 bridgehead atoms. The Labute approximate surface area is 145 Å². The van der Waals surface area contributed by atoms with Crippen molar-refractivity contribution in [3.63, 3.8) is 0 Å². The Bertz CT molecular complexity index is 597. The van der Waals surface area contributed by atoms with Crippen LogP contribution in [-0.4, -0.2) is 54.4 Å². The Balaban J connectivity index is 0.000000823. The Morgan fingerprint density at radius 1 is 1.00 bits per heavy atom. The molecule has 0 saturated carbocycles. The highest BCUT2D eigenvalue weighted by Gasteiger charge is 2.12. The molecule has 0 heterocycles. The van der Waals surface area contributed by atoms with E-state index in [1.54, 1.807) is 32.4 Å². The summed E-state index contributed by atoms with van der Waals surface area (Å²) >= 11 is 0. The van der Waals surface area contributed by atoms with E-state index in [0.717, 1.165) is 0 Å². The third-order valence-corrected chi connectivity index (χ3v) is 2.63. The summed E-state index contributed by atoms with van der Waals surface area (Å²) in [7, 11) is 3.13. The second kappa shape index (κ2) is 10.1. The maximum absolute atomic E-state index is 11.8. The first-order valence-electron chi connectivity index (χ1n) is 7.23. The molecule has 9 nitrogen and oxygen atoms in total. The molecule has 1 amide bonds. The number of carbonyl (C=O) groups is 3. The standard InChI is InChI=1S/C14H22N2O3.C2H2O4/c1-14(2,3)15-9-13(17)16-10-6-7-11(18-4)12(8-10)19-5;3-1(4)2(5)6/h6-8,15H,9H2,1-5H3,(H,16,17);(H,3,4)(H,5,6). The molecule has 0 fully saturated rings. The van der Waals surface area contributed by atoms with Crippen LogP contribution < -0.4 is 20.1 Å². The molecular weight excluding hydrogens is 332 g/mol. The van der Waals surface area contributed by atoms with Gasteiger partial charge in [-0.05, 0) is 32.9 Å². The Hall–Kier alpha value is -2.81. The lowest BCUT2D eigenvalue weighted by Gasteiger charge is -2.20. The van der Waals surface area contributed by atoms with Gasteiger partial charge in [-0.25, -0.2) is 9.59 Å². The van der Waals surface area contributed by atoms with E-state index in [9.17, 15) is 4.79 Å². The molecule has 0 aliphatic carbocycles. The maximum Gasteiger partial charge on any atom is 0.414 e. The quantitative estimate of drug-likeness (QED) is 0.578. The number of ether oxygens (including phenoxy) is 2. The lowest BCUT2D eigenvalue weighted by molar-refractivity contribution is -0.159. The van der Waals surface area contributed by atoms with Crippen LogP contribution in [0.5, 0.6) is 11.5 Å². The van der Waals surface area contributed by atoms with E-state index in [0.29, 0.717) is 17.2 Å². The second-order valence-corrected chi connectivity index (χ2v) is 5.83. The van der Waals surface area contributed by atoms with Crippen LogP contribution in [0.3, 0.4) is 0 Å². The van der Waals surface area contributed by atoms with Crippen LogP contribution in [-0.2, 0) is 14.4 Å². The molecule has 1 aromatic carbocycles. The fourth-order valence-electron chi connectivity index (χ4n) is 1.46. The first-order chi connectivity index (χ1) is 11.5. The molecule has 1 rings (SSSR count). The van der Waals surface area contributed by atoms with Crippen LogP contribution in [0.15, 0.2) is 18.2 Å². The average Bonchev–Trinajstić information content (AvgIpc) is 2.52. The largest absolute Gasteiger partial charge is 0.493 e. The molecule has 0 unspecified atom stereocenters. The summed E-state index contributed by atoms with van der Waals surface area (Å²) in [5.41, 5.74) is 0.591. The highest BCUT2D eigenvalue weighted by atomic mass is 16.5. The number of rotatable bonds is 5. The summed E-state index contributed by atoms with van der Waals surface area (Å²) in [4.78, 5) is 30.0. The van der Waals surface area contributed by atoms with Crippen molar-refractivity contribution in [3.8, 4) is 11.5 Å². The molecule has 0 saturated heterocycles. The van der Waals surface area contributed by atoms with Gasteiger partial charge in [0, 0.05) is 17.3 Å². The van der Waals surface area contributed by atoms with E-state index in [-0.39, 0.29) is 18.0 Å². The maximum atomic E-state index is 11.8. The summed E-state index contributed by atoms with van der Waals surface area (Å²) in [5, 5.41) is 20.7. The number of hydrogen-bond donors (Lipinski definition) is 4. The smallest absolute Gasteiger partial charge is 0.414 e. The second-order valence-electron chi connectivity index (χ2n) is 5.83. The molecule has 0 aliphatic rings. The number of nitrogens with one attached hydrogen (secondary N) is 2. The van der Waals surface area contributed by atoms with Crippen LogP contribution in [0.25, 0.3) is 0 Å². The number of benzene rings is 1. The molecule has 4 N–H and O–H groups in total. The third-order valence-electron chi connectivity index (χ3n) is 2.63. The van der Waals surface area contributed by atoms with Crippen LogP contribution in [0, 0.1) is 0 Å². The lowest BCUT2D eigenvalue weighted by atomic mass is 10.1. The number of aliphatic carboxylic acids is 2. The van der Waals surface area contributed by atoms with Crippen molar-refractivity contribution in [2.24, 2.45) is 0 Å². The van der Waals surface area contributed by atoms with Crippen molar-refractivity contribution in [1.82, 2.24) is 5.32 Å². The molecular formula is C16H24N2O7. The number of anilines is 1. The summed E-state index contributed by atoms with van der Waals surface area (Å²) in [6, 6.07) is 5.26. The van der Waals surface area contributed by atoms with Crippen molar-refractivity contribution < 1.29 is 34.1 Å². The van der Waals surface area contributed by atoms with E-state index in [2.05, 4.69) is 10.6 Å². The Morgan fingerprint density at radius 2 is 1.52 bits per heavy atom. The fraction of sp³-hybridized carbons (Fsp3) is 0.438. The summed E-state index contributed by atoms with van der Waals surface area (Å²) in [5.74, 6) is -2.52. The third kappa shape index (κ3) is 9.82. The molecule has 0 atom stereocenters. The lowest BCUT2D eigenvalue weighted by Crippen LogP contribution is -2.41. The topological polar surface area (TPSA) is 134 Å². The zero-order valence-corrected chi connectivity index (χ0v) is 14.9. The number of hydrogen-bond acceptors (Lipinski definition) is 6. The Morgan fingerprint density at radius 3 is 1.92 bits per heavy atom. The van der Waals surface area contributed by atoms with Crippen LogP contribution in [0.1, 0.15) is 20.8 Å². The van der Waals surface area contributed by atoms with Gasteiger partial charge in [-0.3, -0.25) is 4.79 Å². The molecule has 0 aliphatic heterocycles. The highest BCUT2D eigenvalue weighted by Crippen LogP contribution is 2.29. The minimum atomic E-state index is -1.82. The zero-order valence-electron chi connectivity index (χ0n) is 14.9. The van der Waals surface area contributed by atoms with Gasteiger partial charge >= 0.3 is 11.9 Å². The first kappa shape index (κ1) is 22.2. The highest BCUT2D eigenvalue weighted by molar-refractivity contribution is 6.27. The SMILES string of the molecule is COc1ccc(NC(=O)CNC(C)(C)C)cc1OC.O=C(O)C(=O)O. The van der Waals surface area contributed by atoms with Gasteiger partial charge in [0.05, 0.1) is 20.8 Å². The predicted octanol–water partition coefficient (Wildman–Crippen LogP) is 1.19. The van der Waals surface area contributed by atoms with Gasteiger partial charge in [0.25, 0.3) is 0 Å². The average molecular weight is 356 g/mol. The van der Waals surface area contributed by atoms with E-state index in [1.165, 1.54) is 0 Å². The van der Waals surface area contributed by atoms with Crippen LogP contribution >= 0.6 is 0 Å². The summed E-state index contributed by atoms with van der Waals surface area (Å²) < 4.78 is 10.3.